The van der Waals surface area contributed by atoms with Crippen molar-refractivity contribution in [2.75, 3.05) is 6.61 Å². The third kappa shape index (κ3) is 8.78. The Labute approximate surface area is 263 Å². The van der Waals surface area contributed by atoms with Gasteiger partial charge in [0.25, 0.3) is 0 Å². The molecule has 46 heavy (non-hydrogen) atoms. The number of ketones is 1. The summed E-state index contributed by atoms with van der Waals surface area (Å²) >= 11 is 0. The van der Waals surface area contributed by atoms with E-state index in [9.17, 15) is 33.6 Å². The molecule has 0 N–H and O–H groups in total. The molecule has 5 atom stereocenters. The van der Waals surface area contributed by atoms with E-state index >= 15 is 0 Å². The third-order valence-electron chi connectivity index (χ3n) is 6.38. The first-order valence-corrected chi connectivity index (χ1v) is 13.9. The highest BCUT2D eigenvalue weighted by molar-refractivity contribution is 6.08. The van der Waals surface area contributed by atoms with Gasteiger partial charge in [-0.25, -0.2) is 0 Å². The van der Waals surface area contributed by atoms with Crippen LogP contribution in [0.15, 0.2) is 18.2 Å². The van der Waals surface area contributed by atoms with E-state index in [1.54, 1.807) is 13.0 Å². The number of esters is 6. The van der Waals surface area contributed by atoms with Gasteiger partial charge in [0.2, 0.25) is 12.4 Å². The summed E-state index contributed by atoms with van der Waals surface area (Å²) in [5.74, 6) is -5.54. The van der Waals surface area contributed by atoms with Crippen LogP contribution >= 0.6 is 0 Å². The predicted octanol–water partition coefficient (Wildman–Crippen LogP) is 2.66. The molecule has 0 saturated carbocycles. The second-order valence-corrected chi connectivity index (χ2v) is 10.3. The molecule has 3 rings (SSSR count). The van der Waals surface area contributed by atoms with E-state index < -0.39 is 78.9 Å². The lowest BCUT2D eigenvalue weighted by Gasteiger charge is -2.44. The summed E-state index contributed by atoms with van der Waals surface area (Å²) in [6.45, 7) is 8.99. The number of rotatable bonds is 10. The van der Waals surface area contributed by atoms with Crippen molar-refractivity contribution in [1.29, 1.82) is 0 Å². The van der Waals surface area contributed by atoms with Crippen LogP contribution in [-0.4, -0.2) is 78.9 Å². The van der Waals surface area contributed by atoms with Gasteiger partial charge in [-0.2, -0.15) is 0 Å². The second-order valence-electron chi connectivity index (χ2n) is 10.3. The monoisotopic (exact) mass is 646 g/mol. The van der Waals surface area contributed by atoms with Gasteiger partial charge < -0.3 is 37.9 Å². The number of hydrogen-bond donors (Lipinski definition) is 0. The highest BCUT2D eigenvalue weighted by Gasteiger charge is 2.53. The first-order valence-electron chi connectivity index (χ1n) is 13.9. The van der Waals surface area contributed by atoms with Gasteiger partial charge in [0.15, 0.2) is 23.7 Å². The van der Waals surface area contributed by atoms with E-state index in [1.165, 1.54) is 26.0 Å². The molecule has 0 bridgehead atoms. The molecule has 2 aromatic carbocycles. The van der Waals surface area contributed by atoms with Gasteiger partial charge in [-0.1, -0.05) is 6.07 Å². The molecule has 0 aliphatic carbocycles. The van der Waals surface area contributed by atoms with Crippen molar-refractivity contribution in [3.8, 4) is 17.2 Å². The number of ether oxygens (including phenoxy) is 8. The summed E-state index contributed by atoms with van der Waals surface area (Å²) in [5, 5.41) is 0.368. The number of Topliss-reactive ketones (excluding diaryl/α,β-unsaturated/α-hetero) is 1. The Hall–Kier alpha value is -5.05. The van der Waals surface area contributed by atoms with Crippen molar-refractivity contribution < 1.29 is 71.5 Å². The summed E-state index contributed by atoms with van der Waals surface area (Å²) in [7, 11) is 0. The minimum absolute atomic E-state index is 0.0237. The fourth-order valence-electron chi connectivity index (χ4n) is 4.99. The molecule has 5 unspecified atom stereocenters. The van der Waals surface area contributed by atoms with Crippen LogP contribution in [0.1, 0.15) is 64.4 Å². The highest BCUT2D eigenvalue weighted by Crippen LogP contribution is 2.43. The van der Waals surface area contributed by atoms with E-state index in [0.717, 1.165) is 34.6 Å². The van der Waals surface area contributed by atoms with Crippen molar-refractivity contribution in [2.45, 2.75) is 86.1 Å². The van der Waals surface area contributed by atoms with Crippen LogP contribution in [0, 0.1) is 6.92 Å². The standard InChI is InChI=1S/C31H34O15/c1-13-9-21-10-22(40-16(4)34)11-23(26(21)28(42-18(6)36)25(13)14(2)32)45-31-30(44-20(8)38)29(43-19(7)37)27(41-17(5)35)24(46-31)12-39-15(3)33/h9-11,24,27,29-31H,12H2,1-8H3. The summed E-state index contributed by atoms with van der Waals surface area (Å²) in [5.41, 5.74) is 0.476. The van der Waals surface area contributed by atoms with Crippen LogP contribution in [0.4, 0.5) is 0 Å². The maximum atomic E-state index is 12.7. The minimum atomic E-state index is -1.69. The molecule has 2 aromatic rings. The highest BCUT2D eigenvalue weighted by atomic mass is 16.7. The van der Waals surface area contributed by atoms with Crippen LogP contribution in [0.3, 0.4) is 0 Å². The lowest BCUT2D eigenvalue weighted by Crippen LogP contribution is -2.63. The molecule has 1 fully saturated rings. The smallest absolute Gasteiger partial charge is 0.308 e. The number of carbonyl (C=O) groups excluding carboxylic acids is 7. The molecule has 0 amide bonds. The van der Waals surface area contributed by atoms with Crippen LogP contribution in [0.2, 0.25) is 0 Å². The maximum absolute atomic E-state index is 12.7. The summed E-state index contributed by atoms with van der Waals surface area (Å²) in [6, 6.07) is 4.26. The Balaban J connectivity index is 2.33. The van der Waals surface area contributed by atoms with E-state index in [4.69, 9.17) is 37.9 Å². The van der Waals surface area contributed by atoms with Crippen molar-refractivity contribution in [1.82, 2.24) is 0 Å². The summed E-state index contributed by atoms with van der Waals surface area (Å²) in [6.07, 6.45) is -7.63. The van der Waals surface area contributed by atoms with Crippen molar-refractivity contribution in [3.05, 3.63) is 29.3 Å². The van der Waals surface area contributed by atoms with Crippen LogP contribution in [0.25, 0.3) is 10.8 Å². The van der Waals surface area contributed by atoms with Gasteiger partial charge in [0.1, 0.15) is 24.2 Å². The topological polar surface area (TPSA) is 193 Å². The lowest BCUT2D eigenvalue weighted by atomic mass is 9.96. The SMILES string of the molecule is CC(=O)OCC1OC(Oc2cc(OC(C)=O)cc3cc(C)c(C(C)=O)c(OC(C)=O)c23)C(OC(C)=O)C(OC(C)=O)C1OC(C)=O. The average Bonchev–Trinajstić information content (AvgIpc) is 2.88. The van der Waals surface area contributed by atoms with Gasteiger partial charge in [0, 0.05) is 47.6 Å². The minimum Gasteiger partial charge on any atom is -0.463 e. The number of benzene rings is 2. The molecule has 15 nitrogen and oxygen atoms in total. The zero-order valence-corrected chi connectivity index (χ0v) is 26.4. The van der Waals surface area contributed by atoms with E-state index in [2.05, 4.69) is 0 Å². The third-order valence-corrected chi connectivity index (χ3v) is 6.38. The first-order chi connectivity index (χ1) is 21.5. The molecule has 1 aliphatic heterocycles. The van der Waals surface area contributed by atoms with Crippen LogP contribution in [-0.2, 0) is 52.5 Å². The average molecular weight is 647 g/mol. The Bertz CT molecular complexity index is 1580. The van der Waals surface area contributed by atoms with E-state index in [0.29, 0.717) is 10.9 Å². The van der Waals surface area contributed by atoms with E-state index in [-0.39, 0.29) is 28.2 Å². The van der Waals surface area contributed by atoms with Crippen LogP contribution in [0.5, 0.6) is 17.2 Å². The predicted molar refractivity (Wildman–Crippen MR) is 154 cm³/mol. The molecular weight excluding hydrogens is 612 g/mol. The molecule has 248 valence electrons. The molecule has 0 radical (unpaired) electrons. The van der Waals surface area contributed by atoms with Gasteiger partial charge in [-0.05, 0) is 30.9 Å². The quantitative estimate of drug-likeness (QED) is 0.158. The largest absolute Gasteiger partial charge is 0.463 e. The molecule has 0 spiro atoms. The van der Waals surface area contributed by atoms with Gasteiger partial charge in [0.05, 0.1) is 10.9 Å². The van der Waals surface area contributed by atoms with E-state index in [1.807, 2.05) is 0 Å². The van der Waals surface area contributed by atoms with Gasteiger partial charge in [-0.3, -0.25) is 33.6 Å². The van der Waals surface area contributed by atoms with Gasteiger partial charge in [-0.15, -0.1) is 0 Å². The van der Waals surface area contributed by atoms with Gasteiger partial charge >= 0.3 is 35.8 Å². The van der Waals surface area contributed by atoms with Crippen molar-refractivity contribution in [3.63, 3.8) is 0 Å². The Morgan fingerprint density at radius 2 is 1.24 bits per heavy atom. The summed E-state index contributed by atoms with van der Waals surface area (Å²) in [4.78, 5) is 85.1. The Morgan fingerprint density at radius 1 is 0.674 bits per heavy atom. The fraction of sp³-hybridized carbons (Fsp3) is 0.452. The molecule has 1 heterocycles. The molecule has 1 aliphatic rings. The zero-order valence-electron chi connectivity index (χ0n) is 26.4. The zero-order chi connectivity index (χ0) is 34.5. The molecular formula is C31H34O15. The lowest BCUT2D eigenvalue weighted by molar-refractivity contribution is -0.288. The maximum Gasteiger partial charge on any atom is 0.308 e. The molecule has 0 aromatic heterocycles. The number of hydrogen-bond acceptors (Lipinski definition) is 15. The number of aryl methyl sites for hydroxylation is 1. The van der Waals surface area contributed by atoms with Crippen LogP contribution < -0.4 is 14.2 Å². The van der Waals surface area contributed by atoms with Crippen molar-refractivity contribution in [2.24, 2.45) is 0 Å². The Kier molecular flexibility index (Phi) is 11.4. The molecule has 1 saturated heterocycles. The normalized spacial score (nSPS) is 20.6. The van der Waals surface area contributed by atoms with Crippen molar-refractivity contribution >= 4 is 52.4 Å². The fourth-order valence-corrected chi connectivity index (χ4v) is 4.99. The second kappa shape index (κ2) is 14.8. The number of carbonyl (C=O) groups is 7. The molecule has 15 heteroatoms. The Morgan fingerprint density at radius 3 is 1.76 bits per heavy atom. The summed E-state index contributed by atoms with van der Waals surface area (Å²) < 4.78 is 44.5. The first kappa shape index (κ1) is 35.4. The number of fused-ring (bicyclic) bond motifs is 1.